The molecule has 0 aromatic carbocycles. The second-order valence-corrected chi connectivity index (χ2v) is 5.52. The van der Waals surface area contributed by atoms with Gasteiger partial charge in [0.05, 0.1) is 6.20 Å². The normalized spacial score (nSPS) is 22.9. The Morgan fingerprint density at radius 1 is 1.45 bits per heavy atom. The fourth-order valence-electron chi connectivity index (χ4n) is 2.98. The topological polar surface area (TPSA) is 51.5 Å². The average Bonchev–Trinajstić information content (AvgIpc) is 2.96. The van der Waals surface area contributed by atoms with Crippen molar-refractivity contribution in [3.8, 4) is 5.88 Å². The highest BCUT2D eigenvalue weighted by atomic mass is 16.5. The molecule has 3 rings (SSSR count). The Hall–Kier alpha value is -1.78. The summed E-state index contributed by atoms with van der Waals surface area (Å²) in [5.41, 5.74) is 0.794. The lowest BCUT2D eigenvalue weighted by Gasteiger charge is -2.28. The van der Waals surface area contributed by atoms with Crippen molar-refractivity contribution in [1.29, 1.82) is 0 Å². The van der Waals surface area contributed by atoms with E-state index in [1.807, 2.05) is 23.8 Å². The van der Waals surface area contributed by atoms with Crippen LogP contribution in [0.25, 0.3) is 5.65 Å². The van der Waals surface area contributed by atoms with Gasteiger partial charge in [-0.25, -0.2) is 4.98 Å². The molecule has 2 atom stereocenters. The highest BCUT2D eigenvalue weighted by molar-refractivity contribution is 5.53. The monoisotopic (exact) mass is 274 g/mol. The number of aromatic nitrogens is 3. The van der Waals surface area contributed by atoms with Gasteiger partial charge in [-0.15, -0.1) is 0 Å². The van der Waals surface area contributed by atoms with Crippen molar-refractivity contribution < 1.29 is 4.74 Å². The van der Waals surface area contributed by atoms with Crippen LogP contribution in [0.3, 0.4) is 0 Å². The van der Waals surface area contributed by atoms with Crippen molar-refractivity contribution in [3.05, 3.63) is 18.6 Å². The molecule has 2 heterocycles. The van der Waals surface area contributed by atoms with Crippen molar-refractivity contribution >= 4 is 11.5 Å². The second kappa shape index (κ2) is 5.69. The lowest BCUT2D eigenvalue weighted by molar-refractivity contribution is 0.118. The number of anilines is 1. The van der Waals surface area contributed by atoms with Crippen molar-refractivity contribution in [2.75, 3.05) is 12.4 Å². The van der Waals surface area contributed by atoms with Crippen LogP contribution in [0.2, 0.25) is 0 Å². The second-order valence-electron chi connectivity index (χ2n) is 5.52. The third kappa shape index (κ3) is 2.57. The van der Waals surface area contributed by atoms with Gasteiger partial charge in [0.15, 0.2) is 0 Å². The van der Waals surface area contributed by atoms with E-state index in [4.69, 9.17) is 4.74 Å². The van der Waals surface area contributed by atoms with Gasteiger partial charge in [0.2, 0.25) is 5.65 Å². The molecular formula is C15H22N4O. The zero-order chi connectivity index (χ0) is 13.9. The lowest BCUT2D eigenvalue weighted by atomic mass is 9.85. The number of fused-ring (bicyclic) bond motifs is 1. The number of ether oxygens (including phenoxy) is 1. The minimum atomic E-state index is 0.272. The summed E-state index contributed by atoms with van der Waals surface area (Å²) in [6.45, 7) is 2.26. The Kier molecular flexibility index (Phi) is 3.76. The average molecular weight is 274 g/mol. The number of nitrogens with one attached hydrogen (secondary N) is 1. The van der Waals surface area contributed by atoms with Gasteiger partial charge in [0.1, 0.15) is 11.9 Å². The highest BCUT2D eigenvalue weighted by Crippen LogP contribution is 2.30. The van der Waals surface area contributed by atoms with Crippen LogP contribution in [-0.2, 0) is 0 Å². The van der Waals surface area contributed by atoms with Crippen LogP contribution in [0.1, 0.15) is 39.0 Å². The molecule has 1 N–H and O–H groups in total. The van der Waals surface area contributed by atoms with E-state index in [9.17, 15) is 0 Å². The molecule has 2 aromatic rings. The Morgan fingerprint density at radius 2 is 2.35 bits per heavy atom. The summed E-state index contributed by atoms with van der Waals surface area (Å²) in [6.07, 6.45) is 12.0. The van der Waals surface area contributed by atoms with Crippen LogP contribution in [-0.4, -0.2) is 27.5 Å². The van der Waals surface area contributed by atoms with E-state index in [-0.39, 0.29) is 6.10 Å². The summed E-state index contributed by atoms with van der Waals surface area (Å²) in [4.78, 5) is 8.87. The van der Waals surface area contributed by atoms with Gasteiger partial charge >= 0.3 is 0 Å². The van der Waals surface area contributed by atoms with Crippen molar-refractivity contribution in [1.82, 2.24) is 14.4 Å². The van der Waals surface area contributed by atoms with E-state index in [0.29, 0.717) is 5.88 Å². The van der Waals surface area contributed by atoms with E-state index in [0.717, 1.165) is 30.2 Å². The van der Waals surface area contributed by atoms with Crippen molar-refractivity contribution in [3.63, 3.8) is 0 Å². The van der Waals surface area contributed by atoms with Crippen LogP contribution in [0, 0.1) is 5.92 Å². The van der Waals surface area contributed by atoms with Crippen molar-refractivity contribution in [2.45, 2.75) is 45.1 Å². The van der Waals surface area contributed by atoms with Gasteiger partial charge in [-0.3, -0.25) is 4.40 Å². The third-order valence-corrected chi connectivity index (χ3v) is 4.19. The Labute approximate surface area is 119 Å². The molecule has 108 valence electrons. The van der Waals surface area contributed by atoms with E-state index in [1.54, 1.807) is 6.20 Å². The number of rotatable bonds is 4. The molecule has 0 radical (unpaired) electrons. The highest BCUT2D eigenvalue weighted by Gasteiger charge is 2.23. The molecule has 1 aliphatic rings. The van der Waals surface area contributed by atoms with E-state index >= 15 is 0 Å². The summed E-state index contributed by atoms with van der Waals surface area (Å²) in [5.74, 6) is 2.23. The minimum absolute atomic E-state index is 0.272. The van der Waals surface area contributed by atoms with Gasteiger partial charge in [-0.05, 0) is 25.2 Å². The lowest BCUT2D eigenvalue weighted by Crippen LogP contribution is -2.25. The van der Waals surface area contributed by atoms with E-state index in [2.05, 4.69) is 22.2 Å². The molecule has 0 saturated heterocycles. The molecule has 0 amide bonds. The van der Waals surface area contributed by atoms with Gasteiger partial charge in [0.25, 0.3) is 5.88 Å². The Bertz CT molecular complexity index is 580. The predicted octanol–water partition coefficient (Wildman–Crippen LogP) is 3.12. The maximum absolute atomic E-state index is 6.17. The molecule has 1 saturated carbocycles. The van der Waals surface area contributed by atoms with Crippen molar-refractivity contribution in [2.24, 2.45) is 5.92 Å². The summed E-state index contributed by atoms with van der Waals surface area (Å²) < 4.78 is 8.12. The Morgan fingerprint density at radius 3 is 3.15 bits per heavy atom. The summed E-state index contributed by atoms with van der Waals surface area (Å²) in [5, 5.41) is 3.07. The maximum atomic E-state index is 6.17. The number of imidazole rings is 1. The van der Waals surface area contributed by atoms with Gasteiger partial charge in [-0.1, -0.05) is 19.8 Å². The summed E-state index contributed by atoms with van der Waals surface area (Å²) in [7, 11) is 1.86. The molecule has 5 heteroatoms. The van der Waals surface area contributed by atoms with E-state index in [1.165, 1.54) is 19.3 Å². The van der Waals surface area contributed by atoms with Gasteiger partial charge in [-0.2, -0.15) is 4.98 Å². The number of hydrogen-bond acceptors (Lipinski definition) is 4. The largest absolute Gasteiger partial charge is 0.472 e. The standard InChI is InChI=1S/C15H22N4O/c1-3-11-5-4-6-12(9-11)20-15-14-17-7-8-19(14)10-13(16-2)18-15/h7-8,10-12,16H,3-6,9H2,1-2H3. The molecule has 2 aromatic heterocycles. The minimum Gasteiger partial charge on any atom is -0.472 e. The number of nitrogens with zero attached hydrogens (tertiary/aromatic N) is 3. The van der Waals surface area contributed by atoms with Gasteiger partial charge in [0, 0.05) is 19.4 Å². The Balaban J connectivity index is 1.84. The fraction of sp³-hybridized carbons (Fsp3) is 0.600. The maximum Gasteiger partial charge on any atom is 0.260 e. The molecule has 20 heavy (non-hydrogen) atoms. The zero-order valence-corrected chi connectivity index (χ0v) is 12.2. The van der Waals surface area contributed by atoms with Crippen LogP contribution < -0.4 is 10.1 Å². The van der Waals surface area contributed by atoms with E-state index < -0.39 is 0 Å². The molecule has 0 bridgehead atoms. The third-order valence-electron chi connectivity index (χ3n) is 4.19. The first-order valence-electron chi connectivity index (χ1n) is 7.48. The number of hydrogen-bond donors (Lipinski definition) is 1. The zero-order valence-electron chi connectivity index (χ0n) is 12.2. The summed E-state index contributed by atoms with van der Waals surface area (Å²) in [6, 6.07) is 0. The van der Waals surface area contributed by atoms with Crippen LogP contribution in [0.5, 0.6) is 5.88 Å². The molecular weight excluding hydrogens is 252 g/mol. The van der Waals surface area contributed by atoms with Crippen LogP contribution >= 0.6 is 0 Å². The first-order chi connectivity index (χ1) is 9.80. The molecule has 1 aliphatic carbocycles. The van der Waals surface area contributed by atoms with Crippen LogP contribution in [0.15, 0.2) is 18.6 Å². The fourth-order valence-corrected chi connectivity index (χ4v) is 2.98. The molecule has 0 aliphatic heterocycles. The SMILES string of the molecule is CCC1CCCC(Oc2nc(NC)cn3ccnc23)C1. The molecule has 2 unspecified atom stereocenters. The molecule has 0 spiro atoms. The van der Waals surface area contributed by atoms with Gasteiger partial charge < -0.3 is 10.1 Å². The first kappa shape index (κ1) is 13.2. The predicted molar refractivity (Wildman–Crippen MR) is 79.2 cm³/mol. The quantitative estimate of drug-likeness (QED) is 0.930. The first-order valence-corrected chi connectivity index (χ1v) is 7.48. The smallest absolute Gasteiger partial charge is 0.260 e. The summed E-state index contributed by atoms with van der Waals surface area (Å²) >= 11 is 0. The molecule has 1 fully saturated rings. The molecule has 5 nitrogen and oxygen atoms in total. The van der Waals surface area contributed by atoms with Crippen LogP contribution in [0.4, 0.5) is 5.82 Å².